The molecule has 0 unspecified atom stereocenters. The van der Waals surface area contributed by atoms with E-state index in [2.05, 4.69) is 0 Å². The second-order valence-electron chi connectivity index (χ2n) is 8.64. The van der Waals surface area contributed by atoms with Crippen LogP contribution in [-0.4, -0.2) is 75.9 Å². The molecule has 3 aliphatic heterocycles. The highest BCUT2D eigenvalue weighted by atomic mass is 32.2. The van der Waals surface area contributed by atoms with Gasteiger partial charge >= 0.3 is 0 Å². The standard InChI is InChI=1S/C24H27N3O6S/c1-32-19-3-2-4-20(15-19)33-16-23(29)25-9-11-26(12-10-25)34(30,31)21-13-17-5-6-22(28)27-8-7-18(14-21)24(17)27/h2-4,13-15H,5-12,16H2,1H3. The van der Waals surface area contributed by atoms with Gasteiger partial charge < -0.3 is 19.3 Å². The van der Waals surface area contributed by atoms with E-state index in [-0.39, 0.29) is 36.4 Å². The quantitative estimate of drug-likeness (QED) is 0.615. The van der Waals surface area contributed by atoms with Crippen LogP contribution in [0.5, 0.6) is 11.5 Å². The lowest BCUT2D eigenvalue weighted by molar-refractivity contribution is -0.134. The molecule has 0 aromatic heterocycles. The first-order chi connectivity index (χ1) is 16.4. The highest BCUT2D eigenvalue weighted by Gasteiger charge is 2.35. The highest BCUT2D eigenvalue weighted by molar-refractivity contribution is 7.89. The van der Waals surface area contributed by atoms with E-state index >= 15 is 0 Å². The van der Waals surface area contributed by atoms with E-state index in [1.165, 1.54) is 4.31 Å². The van der Waals surface area contributed by atoms with Gasteiger partial charge in [0.1, 0.15) is 11.5 Å². The number of piperazine rings is 1. The molecule has 5 rings (SSSR count). The number of hydrogen-bond donors (Lipinski definition) is 0. The molecule has 9 nitrogen and oxygen atoms in total. The van der Waals surface area contributed by atoms with Crippen molar-refractivity contribution in [2.24, 2.45) is 0 Å². The van der Waals surface area contributed by atoms with Gasteiger partial charge in [0.25, 0.3) is 5.91 Å². The molecule has 0 N–H and O–H groups in total. The van der Waals surface area contributed by atoms with Gasteiger partial charge in [-0.15, -0.1) is 0 Å². The Kier molecular flexibility index (Phi) is 5.95. The molecule has 0 atom stereocenters. The van der Waals surface area contributed by atoms with Gasteiger partial charge in [-0.05, 0) is 48.2 Å². The lowest BCUT2D eigenvalue weighted by atomic mass is 10.00. The molecule has 1 fully saturated rings. The molecule has 34 heavy (non-hydrogen) atoms. The predicted molar refractivity (Wildman–Crippen MR) is 125 cm³/mol. The average Bonchev–Trinajstić information content (AvgIpc) is 3.30. The fourth-order valence-electron chi connectivity index (χ4n) is 4.83. The van der Waals surface area contributed by atoms with Crippen LogP contribution in [0.15, 0.2) is 41.3 Å². The Morgan fingerprint density at radius 3 is 2.38 bits per heavy atom. The van der Waals surface area contributed by atoms with Crippen molar-refractivity contribution < 1.29 is 27.5 Å². The number of carbonyl (C=O) groups is 2. The van der Waals surface area contributed by atoms with Gasteiger partial charge in [-0.3, -0.25) is 9.59 Å². The Morgan fingerprint density at radius 1 is 0.941 bits per heavy atom. The Hall–Kier alpha value is -3.11. The summed E-state index contributed by atoms with van der Waals surface area (Å²) in [5, 5.41) is 0. The zero-order chi connectivity index (χ0) is 23.9. The van der Waals surface area contributed by atoms with Crippen LogP contribution >= 0.6 is 0 Å². The maximum atomic E-state index is 13.4. The van der Waals surface area contributed by atoms with E-state index in [0.29, 0.717) is 50.4 Å². The first kappa shape index (κ1) is 22.7. The molecular weight excluding hydrogens is 458 g/mol. The highest BCUT2D eigenvalue weighted by Crippen LogP contribution is 2.39. The van der Waals surface area contributed by atoms with Gasteiger partial charge in [0.05, 0.1) is 17.7 Å². The fourth-order valence-corrected chi connectivity index (χ4v) is 6.35. The summed E-state index contributed by atoms with van der Waals surface area (Å²) in [5.74, 6) is 1.10. The van der Waals surface area contributed by atoms with Crippen LogP contribution in [0.4, 0.5) is 5.69 Å². The maximum absolute atomic E-state index is 13.4. The normalized spacial score (nSPS) is 18.1. The maximum Gasteiger partial charge on any atom is 0.260 e. The Morgan fingerprint density at radius 2 is 1.65 bits per heavy atom. The number of amides is 2. The molecule has 0 bridgehead atoms. The van der Waals surface area contributed by atoms with Crippen LogP contribution in [0, 0.1) is 0 Å². The molecule has 0 spiro atoms. The topological polar surface area (TPSA) is 96.5 Å². The molecule has 0 radical (unpaired) electrons. The summed E-state index contributed by atoms with van der Waals surface area (Å²) in [7, 11) is -2.13. The molecular formula is C24H27N3O6S. The van der Waals surface area contributed by atoms with Crippen molar-refractivity contribution in [3.63, 3.8) is 0 Å². The average molecular weight is 486 g/mol. The number of sulfonamides is 1. The molecule has 180 valence electrons. The number of methoxy groups -OCH3 is 1. The molecule has 0 aliphatic carbocycles. The minimum atomic E-state index is -3.69. The minimum Gasteiger partial charge on any atom is -0.497 e. The van der Waals surface area contributed by atoms with Crippen LogP contribution in [0.25, 0.3) is 0 Å². The zero-order valence-electron chi connectivity index (χ0n) is 19.0. The van der Waals surface area contributed by atoms with Crippen molar-refractivity contribution in [3.05, 3.63) is 47.5 Å². The number of ether oxygens (including phenoxy) is 2. The monoisotopic (exact) mass is 485 g/mol. The van der Waals surface area contributed by atoms with Crippen molar-refractivity contribution >= 4 is 27.5 Å². The van der Waals surface area contributed by atoms with E-state index in [1.807, 2.05) is 0 Å². The van der Waals surface area contributed by atoms with E-state index in [4.69, 9.17) is 9.47 Å². The minimum absolute atomic E-state index is 0.109. The number of benzene rings is 2. The van der Waals surface area contributed by atoms with Gasteiger partial charge in [0.15, 0.2) is 6.61 Å². The summed E-state index contributed by atoms with van der Waals surface area (Å²) in [5.41, 5.74) is 2.76. The summed E-state index contributed by atoms with van der Waals surface area (Å²) >= 11 is 0. The lowest BCUT2D eigenvalue weighted by Gasteiger charge is -2.34. The summed E-state index contributed by atoms with van der Waals surface area (Å²) < 4.78 is 38.9. The molecule has 0 saturated carbocycles. The largest absolute Gasteiger partial charge is 0.497 e. The SMILES string of the molecule is COc1cccc(OCC(=O)N2CCN(S(=O)(=O)c3cc4c5c(c3)CCN5C(=O)CC4)CC2)c1. The second kappa shape index (κ2) is 8.92. The Balaban J connectivity index is 1.22. The summed E-state index contributed by atoms with van der Waals surface area (Å²) in [4.78, 5) is 28.4. The molecule has 2 aromatic carbocycles. The Bertz CT molecular complexity index is 1240. The third-order valence-corrected chi connectivity index (χ3v) is 8.53. The number of hydrogen-bond acceptors (Lipinski definition) is 6. The predicted octanol–water partition coefficient (Wildman–Crippen LogP) is 1.44. The van der Waals surface area contributed by atoms with Crippen LogP contribution < -0.4 is 14.4 Å². The van der Waals surface area contributed by atoms with E-state index < -0.39 is 10.0 Å². The van der Waals surface area contributed by atoms with Gasteiger partial charge in [-0.25, -0.2) is 8.42 Å². The van der Waals surface area contributed by atoms with Crippen LogP contribution in [-0.2, 0) is 32.5 Å². The van der Waals surface area contributed by atoms with Crippen molar-refractivity contribution in [3.8, 4) is 11.5 Å². The van der Waals surface area contributed by atoms with Crippen molar-refractivity contribution in [2.45, 2.75) is 24.2 Å². The fraction of sp³-hybridized carbons (Fsp3) is 0.417. The molecule has 3 heterocycles. The zero-order valence-corrected chi connectivity index (χ0v) is 19.8. The van der Waals surface area contributed by atoms with E-state index in [9.17, 15) is 18.0 Å². The van der Waals surface area contributed by atoms with Crippen molar-refractivity contribution in [1.82, 2.24) is 9.21 Å². The first-order valence-electron chi connectivity index (χ1n) is 11.4. The van der Waals surface area contributed by atoms with Crippen LogP contribution in [0.3, 0.4) is 0 Å². The molecule has 10 heteroatoms. The number of carbonyl (C=O) groups excluding carboxylic acids is 2. The third-order valence-electron chi connectivity index (χ3n) is 6.66. The summed E-state index contributed by atoms with van der Waals surface area (Å²) in [6.45, 7) is 1.56. The number of aryl methyl sites for hydroxylation is 1. The van der Waals surface area contributed by atoms with E-state index in [0.717, 1.165) is 16.8 Å². The Labute approximate surface area is 198 Å². The molecule has 2 amide bonds. The number of nitrogens with zero attached hydrogens (tertiary/aromatic N) is 3. The summed E-state index contributed by atoms with van der Waals surface area (Å²) in [6.07, 6.45) is 1.65. The van der Waals surface area contributed by atoms with Gasteiger partial charge in [-0.2, -0.15) is 4.31 Å². The molecule has 2 aromatic rings. The lowest BCUT2D eigenvalue weighted by Crippen LogP contribution is -2.51. The second-order valence-corrected chi connectivity index (χ2v) is 10.6. The van der Waals surface area contributed by atoms with Gasteiger partial charge in [-0.1, -0.05) is 6.07 Å². The summed E-state index contributed by atoms with van der Waals surface area (Å²) in [6, 6.07) is 10.5. The third kappa shape index (κ3) is 4.12. The van der Waals surface area contributed by atoms with Crippen molar-refractivity contribution in [1.29, 1.82) is 0 Å². The van der Waals surface area contributed by atoms with Crippen LogP contribution in [0.1, 0.15) is 17.5 Å². The van der Waals surface area contributed by atoms with E-state index in [1.54, 1.807) is 53.3 Å². The number of anilines is 1. The van der Waals surface area contributed by atoms with Gasteiger partial charge in [0, 0.05) is 45.2 Å². The van der Waals surface area contributed by atoms with Gasteiger partial charge in [0.2, 0.25) is 15.9 Å². The smallest absolute Gasteiger partial charge is 0.260 e. The first-order valence-corrected chi connectivity index (χ1v) is 12.8. The molecule has 3 aliphatic rings. The van der Waals surface area contributed by atoms with Crippen molar-refractivity contribution in [2.75, 3.05) is 51.3 Å². The van der Waals surface area contributed by atoms with Crippen LogP contribution in [0.2, 0.25) is 0 Å². The molecule has 1 saturated heterocycles. The number of rotatable bonds is 6.